The first-order valence-electron chi connectivity index (χ1n) is 9.70. The molecular formula is C21H30F3N3O2S. The fourth-order valence-electron chi connectivity index (χ4n) is 2.68. The van der Waals surface area contributed by atoms with Gasteiger partial charge in [0.1, 0.15) is 11.4 Å². The number of carbonyl (C=O) groups excluding carboxylic acids is 1. The number of nitrogens with zero attached hydrogens (tertiary/aromatic N) is 2. The van der Waals surface area contributed by atoms with E-state index in [1.54, 1.807) is 37.0 Å². The normalized spacial score (nSPS) is 11.8. The number of rotatable bonds is 5. The van der Waals surface area contributed by atoms with Crippen LogP contribution >= 0.6 is 12.8 Å². The van der Waals surface area contributed by atoms with Gasteiger partial charge in [-0.2, -0.15) is 13.2 Å². The Morgan fingerprint density at radius 2 is 1.83 bits per heavy atom. The fourth-order valence-corrected chi connectivity index (χ4v) is 2.92. The minimum absolute atomic E-state index is 0.452. The van der Waals surface area contributed by atoms with Crippen molar-refractivity contribution in [3.8, 4) is 11.3 Å². The van der Waals surface area contributed by atoms with Crippen molar-refractivity contribution < 1.29 is 22.7 Å². The van der Waals surface area contributed by atoms with Crippen LogP contribution in [0, 0.1) is 5.92 Å². The molecular weight excluding hydrogens is 415 g/mol. The third kappa shape index (κ3) is 8.69. The molecule has 0 spiro atoms. The molecule has 0 radical (unpaired) electrons. The van der Waals surface area contributed by atoms with E-state index in [2.05, 4.69) is 36.4 Å². The maximum atomic E-state index is 12.8. The van der Waals surface area contributed by atoms with E-state index >= 15 is 0 Å². The molecule has 1 aromatic heterocycles. The first-order valence-corrected chi connectivity index (χ1v) is 10.1. The second-order valence-corrected chi connectivity index (χ2v) is 8.32. The van der Waals surface area contributed by atoms with Crippen LogP contribution in [0.25, 0.3) is 11.3 Å². The standard InChI is InChI=1S/C16H19F3N2S.C5H11NO2/c1-3-11(4-2)8-15-20-14(10-21(15)22)12-6-5-7-13(9-12)16(17,18)19;1-5(2,3)8-4(6)7/h5-7,9-11,22H,3-4,8H2,1-2H3;1-3H3,(H2,6,7). The van der Waals surface area contributed by atoms with Crippen LogP contribution in [0.1, 0.15) is 58.8 Å². The zero-order valence-corrected chi connectivity index (χ0v) is 18.8. The molecule has 2 rings (SSSR count). The zero-order valence-electron chi connectivity index (χ0n) is 18.0. The van der Waals surface area contributed by atoms with Gasteiger partial charge in [-0.15, -0.1) is 0 Å². The highest BCUT2D eigenvalue weighted by atomic mass is 32.1. The van der Waals surface area contributed by atoms with E-state index < -0.39 is 23.4 Å². The Labute approximate surface area is 181 Å². The number of carbonyl (C=O) groups is 1. The summed E-state index contributed by atoms with van der Waals surface area (Å²) in [6.45, 7) is 9.52. The van der Waals surface area contributed by atoms with Crippen molar-refractivity contribution in [1.82, 2.24) is 8.96 Å². The van der Waals surface area contributed by atoms with E-state index in [-0.39, 0.29) is 0 Å². The van der Waals surface area contributed by atoms with E-state index in [0.29, 0.717) is 17.2 Å². The van der Waals surface area contributed by atoms with E-state index in [9.17, 15) is 18.0 Å². The number of primary amides is 1. The Balaban J connectivity index is 0.000000479. The van der Waals surface area contributed by atoms with E-state index in [4.69, 9.17) is 5.73 Å². The Hall–Kier alpha value is -2.16. The predicted molar refractivity (Wildman–Crippen MR) is 115 cm³/mol. The number of imidazole rings is 1. The summed E-state index contributed by atoms with van der Waals surface area (Å²) in [6, 6.07) is 5.21. The van der Waals surface area contributed by atoms with Gasteiger partial charge in [-0.05, 0) is 38.8 Å². The Morgan fingerprint density at radius 3 is 2.27 bits per heavy atom. The van der Waals surface area contributed by atoms with Gasteiger partial charge in [0.05, 0.1) is 11.3 Å². The molecule has 0 aliphatic rings. The number of alkyl halides is 3. The van der Waals surface area contributed by atoms with Gasteiger partial charge < -0.3 is 10.5 Å². The number of hydrogen-bond acceptors (Lipinski definition) is 4. The Kier molecular flexibility index (Phi) is 9.27. The molecule has 0 aliphatic heterocycles. The van der Waals surface area contributed by atoms with Crippen LogP contribution in [-0.2, 0) is 17.3 Å². The molecule has 5 nitrogen and oxygen atoms in total. The van der Waals surface area contributed by atoms with Gasteiger partial charge in [0.25, 0.3) is 0 Å². The maximum absolute atomic E-state index is 12.8. The summed E-state index contributed by atoms with van der Waals surface area (Å²) in [7, 11) is 0. The maximum Gasteiger partial charge on any atom is 0.416 e. The van der Waals surface area contributed by atoms with Gasteiger partial charge in [-0.3, -0.25) is 3.97 Å². The third-order valence-electron chi connectivity index (χ3n) is 4.28. The molecule has 0 atom stereocenters. The lowest BCUT2D eigenvalue weighted by molar-refractivity contribution is -0.137. The second-order valence-electron chi connectivity index (χ2n) is 7.89. The summed E-state index contributed by atoms with van der Waals surface area (Å²) in [4.78, 5) is 14.5. The SMILES string of the molecule is CC(C)(C)OC(N)=O.CCC(CC)Cc1nc(-c2cccc(C(F)(F)F)c2)cn1S. The van der Waals surface area contributed by atoms with Crippen molar-refractivity contribution in [1.29, 1.82) is 0 Å². The van der Waals surface area contributed by atoms with Crippen LogP contribution in [0.4, 0.5) is 18.0 Å². The molecule has 2 aromatic rings. The highest BCUT2D eigenvalue weighted by Gasteiger charge is 2.30. The van der Waals surface area contributed by atoms with Crippen molar-refractivity contribution in [2.75, 3.05) is 0 Å². The van der Waals surface area contributed by atoms with Gasteiger partial charge in [-0.25, -0.2) is 9.78 Å². The summed E-state index contributed by atoms with van der Waals surface area (Å²) in [6.07, 6.45) is -0.562. The van der Waals surface area contributed by atoms with Gasteiger partial charge in [0.2, 0.25) is 0 Å². The van der Waals surface area contributed by atoms with Crippen LogP contribution in [0.2, 0.25) is 0 Å². The van der Waals surface area contributed by atoms with E-state index in [0.717, 1.165) is 37.2 Å². The average Bonchev–Trinajstić information content (AvgIpc) is 2.98. The molecule has 0 aliphatic carbocycles. The Bertz CT molecular complexity index is 826. The van der Waals surface area contributed by atoms with Crippen molar-refractivity contribution in [2.45, 2.75) is 65.7 Å². The molecule has 168 valence electrons. The molecule has 1 amide bonds. The first kappa shape index (κ1) is 25.9. The number of aromatic nitrogens is 2. The number of hydrogen-bond donors (Lipinski definition) is 2. The topological polar surface area (TPSA) is 70.1 Å². The number of halogens is 3. The lowest BCUT2D eigenvalue weighted by Crippen LogP contribution is -2.27. The van der Waals surface area contributed by atoms with Crippen molar-refractivity contribution >= 4 is 18.9 Å². The fraction of sp³-hybridized carbons (Fsp3) is 0.524. The van der Waals surface area contributed by atoms with Crippen molar-refractivity contribution in [3.05, 3.63) is 41.9 Å². The van der Waals surface area contributed by atoms with Crippen LogP contribution in [0.3, 0.4) is 0 Å². The van der Waals surface area contributed by atoms with Crippen LogP contribution < -0.4 is 5.73 Å². The smallest absolute Gasteiger partial charge is 0.416 e. The van der Waals surface area contributed by atoms with Crippen molar-refractivity contribution in [2.24, 2.45) is 11.7 Å². The highest BCUT2D eigenvalue weighted by Crippen LogP contribution is 2.32. The Morgan fingerprint density at radius 1 is 1.23 bits per heavy atom. The predicted octanol–water partition coefficient (Wildman–Crippen LogP) is 6.12. The van der Waals surface area contributed by atoms with Crippen LogP contribution in [0.5, 0.6) is 0 Å². The monoisotopic (exact) mass is 445 g/mol. The molecule has 0 fully saturated rings. The van der Waals surface area contributed by atoms with E-state index in [1.165, 1.54) is 6.07 Å². The summed E-state index contributed by atoms with van der Waals surface area (Å²) in [5.41, 5.74) is 4.57. The highest BCUT2D eigenvalue weighted by molar-refractivity contribution is 7.78. The number of nitrogens with two attached hydrogens (primary N) is 1. The number of amides is 1. The zero-order chi connectivity index (χ0) is 23.1. The molecule has 0 unspecified atom stereocenters. The van der Waals surface area contributed by atoms with Gasteiger partial charge >= 0.3 is 12.3 Å². The molecule has 0 bridgehead atoms. The average molecular weight is 446 g/mol. The first-order chi connectivity index (χ1) is 13.8. The summed E-state index contributed by atoms with van der Waals surface area (Å²) >= 11 is 4.34. The largest absolute Gasteiger partial charge is 0.444 e. The molecule has 0 saturated heterocycles. The second kappa shape index (κ2) is 10.7. The molecule has 30 heavy (non-hydrogen) atoms. The quantitative estimate of drug-likeness (QED) is 0.545. The van der Waals surface area contributed by atoms with Crippen LogP contribution in [0.15, 0.2) is 30.5 Å². The number of ether oxygens (including phenoxy) is 1. The van der Waals surface area contributed by atoms with Gasteiger partial charge in [0.15, 0.2) is 0 Å². The summed E-state index contributed by atoms with van der Waals surface area (Å²) < 4.78 is 44.6. The molecule has 2 N–H and O–H groups in total. The van der Waals surface area contributed by atoms with Gasteiger partial charge in [-0.1, -0.05) is 51.6 Å². The lowest BCUT2D eigenvalue weighted by atomic mass is 9.99. The number of benzene rings is 1. The van der Waals surface area contributed by atoms with Crippen molar-refractivity contribution in [3.63, 3.8) is 0 Å². The van der Waals surface area contributed by atoms with E-state index in [1.807, 2.05) is 0 Å². The minimum atomic E-state index is -4.35. The van der Waals surface area contributed by atoms with Gasteiger partial charge in [0, 0.05) is 18.2 Å². The molecule has 1 heterocycles. The van der Waals surface area contributed by atoms with Crippen LogP contribution in [-0.4, -0.2) is 20.7 Å². The molecule has 0 saturated carbocycles. The lowest BCUT2D eigenvalue weighted by Gasteiger charge is -2.16. The molecule has 9 heteroatoms. The molecule has 1 aromatic carbocycles. The number of thiol groups is 1. The minimum Gasteiger partial charge on any atom is -0.444 e. The summed E-state index contributed by atoms with van der Waals surface area (Å²) in [5, 5.41) is 0. The summed E-state index contributed by atoms with van der Waals surface area (Å²) in [5.74, 6) is 1.28. The third-order valence-corrected chi connectivity index (χ3v) is 4.62.